The van der Waals surface area contributed by atoms with Crippen molar-refractivity contribution in [2.75, 3.05) is 18.2 Å². The fourth-order valence-electron chi connectivity index (χ4n) is 2.13. The van der Waals surface area contributed by atoms with Crippen LogP contribution in [-0.4, -0.2) is 30.8 Å². The number of nitrogens with one attached hydrogen (secondary N) is 1. The molecular formula is C19H21NO4S. The van der Waals surface area contributed by atoms with Crippen molar-refractivity contribution in [3.8, 4) is 5.75 Å². The normalized spacial score (nSPS) is 11.5. The fraction of sp³-hybridized carbons (Fsp3) is 0.263. The van der Waals surface area contributed by atoms with E-state index in [-0.39, 0.29) is 6.61 Å². The fourth-order valence-corrected chi connectivity index (χ4v) is 2.68. The number of hydrogen-bond donors (Lipinski definition) is 1. The summed E-state index contributed by atoms with van der Waals surface area (Å²) in [5.74, 6) is -0.393. The highest BCUT2D eigenvalue weighted by Crippen LogP contribution is 2.24. The van der Waals surface area contributed by atoms with Crippen LogP contribution in [0.3, 0.4) is 0 Å². The van der Waals surface area contributed by atoms with Crippen LogP contribution < -0.4 is 10.1 Å². The van der Waals surface area contributed by atoms with Gasteiger partial charge < -0.3 is 14.8 Å². The van der Waals surface area contributed by atoms with Gasteiger partial charge in [-0.1, -0.05) is 24.3 Å². The molecule has 0 saturated carbocycles. The number of anilines is 1. The molecule has 0 aliphatic carbocycles. The molecule has 2 aromatic carbocycles. The molecule has 0 heterocycles. The number of rotatable bonds is 7. The van der Waals surface area contributed by atoms with E-state index in [1.807, 2.05) is 49.6 Å². The van der Waals surface area contributed by atoms with Crippen LogP contribution in [-0.2, 0) is 14.3 Å². The van der Waals surface area contributed by atoms with Gasteiger partial charge in [-0.3, -0.25) is 4.79 Å². The zero-order chi connectivity index (χ0) is 18.2. The Morgan fingerprint density at radius 2 is 1.92 bits per heavy atom. The number of thioether (sulfide) groups is 1. The van der Waals surface area contributed by atoms with Crippen LogP contribution in [0, 0.1) is 6.92 Å². The summed E-state index contributed by atoms with van der Waals surface area (Å²) in [4.78, 5) is 24.9. The van der Waals surface area contributed by atoms with E-state index >= 15 is 0 Å². The topological polar surface area (TPSA) is 64.6 Å². The maximum Gasteiger partial charge on any atom is 0.347 e. The van der Waals surface area contributed by atoms with E-state index in [1.54, 1.807) is 19.1 Å². The van der Waals surface area contributed by atoms with E-state index in [1.165, 1.54) is 11.8 Å². The van der Waals surface area contributed by atoms with Gasteiger partial charge in [0.25, 0.3) is 5.91 Å². The first-order valence-electron chi connectivity index (χ1n) is 7.82. The van der Waals surface area contributed by atoms with Gasteiger partial charge in [-0.15, -0.1) is 11.8 Å². The van der Waals surface area contributed by atoms with Crippen molar-refractivity contribution in [3.63, 3.8) is 0 Å². The molecule has 1 atom stereocenters. The summed E-state index contributed by atoms with van der Waals surface area (Å²) in [7, 11) is 0. The summed E-state index contributed by atoms with van der Waals surface area (Å²) in [6.45, 7) is 3.17. The Labute approximate surface area is 151 Å². The number of carbonyl (C=O) groups excluding carboxylic acids is 2. The summed E-state index contributed by atoms with van der Waals surface area (Å²) in [6.07, 6.45) is 1.13. The van der Waals surface area contributed by atoms with E-state index in [4.69, 9.17) is 9.47 Å². The van der Waals surface area contributed by atoms with Crippen molar-refractivity contribution < 1.29 is 19.1 Å². The van der Waals surface area contributed by atoms with Crippen LogP contribution in [0.25, 0.3) is 0 Å². The van der Waals surface area contributed by atoms with E-state index in [2.05, 4.69) is 5.32 Å². The molecule has 25 heavy (non-hydrogen) atoms. The minimum Gasteiger partial charge on any atom is -0.479 e. The van der Waals surface area contributed by atoms with Gasteiger partial charge in [0.2, 0.25) is 0 Å². The molecule has 1 amide bonds. The summed E-state index contributed by atoms with van der Waals surface area (Å²) >= 11 is 1.53. The van der Waals surface area contributed by atoms with Gasteiger partial charge in [-0.2, -0.15) is 0 Å². The predicted molar refractivity (Wildman–Crippen MR) is 99.1 cm³/mol. The Balaban J connectivity index is 1.83. The van der Waals surface area contributed by atoms with Gasteiger partial charge in [0.1, 0.15) is 5.75 Å². The molecular weight excluding hydrogens is 338 g/mol. The average Bonchev–Trinajstić information content (AvgIpc) is 2.60. The number of aryl methyl sites for hydroxylation is 1. The van der Waals surface area contributed by atoms with Crippen molar-refractivity contribution in [1.82, 2.24) is 0 Å². The monoisotopic (exact) mass is 359 g/mol. The van der Waals surface area contributed by atoms with Crippen LogP contribution in [0.15, 0.2) is 53.4 Å². The minimum atomic E-state index is -0.798. The third-order valence-electron chi connectivity index (χ3n) is 3.36. The molecule has 1 N–H and O–H groups in total. The number of esters is 1. The van der Waals surface area contributed by atoms with Crippen LogP contribution >= 0.6 is 11.8 Å². The molecule has 0 aliphatic rings. The summed E-state index contributed by atoms with van der Waals surface area (Å²) < 4.78 is 10.6. The summed E-state index contributed by atoms with van der Waals surface area (Å²) in [5, 5.41) is 2.74. The average molecular weight is 359 g/mol. The molecule has 0 aliphatic heterocycles. The predicted octanol–water partition coefficient (Wildman–Crippen LogP) is 3.67. The Morgan fingerprint density at radius 3 is 2.64 bits per heavy atom. The van der Waals surface area contributed by atoms with Crippen molar-refractivity contribution in [2.45, 2.75) is 24.8 Å². The molecule has 0 radical (unpaired) electrons. The molecule has 0 bridgehead atoms. The quantitative estimate of drug-likeness (QED) is 0.604. The van der Waals surface area contributed by atoms with E-state index in [0.717, 1.165) is 10.5 Å². The lowest BCUT2D eigenvalue weighted by atomic mass is 10.2. The first-order chi connectivity index (χ1) is 12.0. The minimum absolute atomic E-state index is 0.358. The maximum atomic E-state index is 12.0. The second-order valence-corrected chi connectivity index (χ2v) is 6.28. The Kier molecular flexibility index (Phi) is 6.89. The third kappa shape index (κ3) is 5.83. The molecule has 132 valence electrons. The third-order valence-corrected chi connectivity index (χ3v) is 4.16. The molecule has 2 aromatic rings. The number of para-hydroxylation sites is 1. The molecule has 0 spiro atoms. The highest BCUT2D eigenvalue weighted by molar-refractivity contribution is 7.98. The van der Waals surface area contributed by atoms with Gasteiger partial charge in [-0.25, -0.2) is 4.79 Å². The summed E-state index contributed by atoms with van der Waals surface area (Å²) in [5.41, 5.74) is 1.73. The highest BCUT2D eigenvalue weighted by Gasteiger charge is 2.18. The summed E-state index contributed by atoms with van der Waals surface area (Å²) in [6, 6.07) is 14.8. The molecule has 5 nitrogen and oxygen atoms in total. The smallest absolute Gasteiger partial charge is 0.347 e. The van der Waals surface area contributed by atoms with Crippen LogP contribution in [0.2, 0.25) is 0 Å². The van der Waals surface area contributed by atoms with Crippen molar-refractivity contribution in [1.29, 1.82) is 0 Å². The maximum absolute atomic E-state index is 12.0. The first kappa shape index (κ1) is 18.9. The lowest BCUT2D eigenvalue weighted by Crippen LogP contribution is -2.29. The van der Waals surface area contributed by atoms with E-state index < -0.39 is 18.0 Å². The number of ether oxygens (including phenoxy) is 2. The van der Waals surface area contributed by atoms with E-state index in [0.29, 0.717) is 11.4 Å². The second kappa shape index (κ2) is 9.13. The number of hydrogen-bond acceptors (Lipinski definition) is 5. The van der Waals surface area contributed by atoms with Crippen molar-refractivity contribution in [2.24, 2.45) is 0 Å². The zero-order valence-electron chi connectivity index (χ0n) is 14.4. The number of benzene rings is 2. The molecule has 6 heteroatoms. The van der Waals surface area contributed by atoms with Gasteiger partial charge in [0.05, 0.1) is 5.69 Å². The molecule has 0 unspecified atom stereocenters. The van der Waals surface area contributed by atoms with E-state index in [9.17, 15) is 9.59 Å². The van der Waals surface area contributed by atoms with Crippen molar-refractivity contribution >= 4 is 29.3 Å². The van der Waals surface area contributed by atoms with Crippen molar-refractivity contribution in [3.05, 3.63) is 54.1 Å². The largest absolute Gasteiger partial charge is 0.479 e. The Hall–Kier alpha value is -2.47. The molecule has 0 fully saturated rings. The Morgan fingerprint density at radius 1 is 1.16 bits per heavy atom. The standard InChI is InChI=1S/C19H21NO4S/c1-13-7-6-8-15(11-13)24-14(2)19(22)23-12-18(21)20-16-9-4-5-10-17(16)25-3/h4-11,14H,12H2,1-3H3,(H,20,21)/t14-/m0/s1. The highest BCUT2D eigenvalue weighted by atomic mass is 32.2. The Bertz CT molecular complexity index is 748. The van der Waals surface area contributed by atoms with Crippen LogP contribution in [0.4, 0.5) is 5.69 Å². The lowest BCUT2D eigenvalue weighted by Gasteiger charge is -2.14. The number of carbonyl (C=O) groups is 2. The first-order valence-corrected chi connectivity index (χ1v) is 9.05. The molecule has 0 saturated heterocycles. The van der Waals surface area contributed by atoms with Gasteiger partial charge in [0.15, 0.2) is 12.7 Å². The molecule has 2 rings (SSSR count). The van der Waals surface area contributed by atoms with Crippen LogP contribution in [0.5, 0.6) is 5.75 Å². The second-order valence-electron chi connectivity index (χ2n) is 5.43. The van der Waals surface area contributed by atoms with Gasteiger partial charge in [-0.05, 0) is 49.9 Å². The number of amides is 1. The molecule has 0 aromatic heterocycles. The van der Waals surface area contributed by atoms with Crippen LogP contribution in [0.1, 0.15) is 12.5 Å². The zero-order valence-corrected chi connectivity index (χ0v) is 15.3. The van der Waals surface area contributed by atoms with Gasteiger partial charge >= 0.3 is 5.97 Å². The lowest BCUT2D eigenvalue weighted by molar-refractivity contribution is -0.153. The van der Waals surface area contributed by atoms with Gasteiger partial charge in [0, 0.05) is 4.90 Å². The SMILES string of the molecule is CSc1ccccc1NC(=O)COC(=O)[C@H](C)Oc1cccc(C)c1.